The molecule has 0 fully saturated rings. The van der Waals surface area contributed by atoms with E-state index in [1.807, 2.05) is 25.1 Å². The van der Waals surface area contributed by atoms with Gasteiger partial charge in [0.2, 0.25) is 5.91 Å². The summed E-state index contributed by atoms with van der Waals surface area (Å²) in [5.74, 6) is 0.0429. The molecule has 0 heterocycles. The first-order valence-electron chi connectivity index (χ1n) is 6.35. The average Bonchev–Trinajstić information content (AvgIpc) is 2.32. The van der Waals surface area contributed by atoms with Gasteiger partial charge in [0.05, 0.1) is 6.54 Å². The van der Waals surface area contributed by atoms with Gasteiger partial charge < -0.3 is 10.6 Å². The van der Waals surface area contributed by atoms with Gasteiger partial charge in [0.15, 0.2) is 0 Å². The molecule has 0 radical (unpaired) electrons. The predicted molar refractivity (Wildman–Crippen MR) is 79.9 cm³/mol. The predicted octanol–water partition coefficient (Wildman–Crippen LogP) is 3.47. The summed E-state index contributed by atoms with van der Waals surface area (Å²) in [6, 6.07) is 6.31. The van der Waals surface area contributed by atoms with Crippen LogP contribution in [-0.4, -0.2) is 18.5 Å². The van der Waals surface area contributed by atoms with E-state index in [1.165, 1.54) is 0 Å². The van der Waals surface area contributed by atoms with Gasteiger partial charge in [-0.05, 0) is 43.5 Å². The van der Waals surface area contributed by atoms with Gasteiger partial charge in [0.1, 0.15) is 0 Å². The molecule has 3 nitrogen and oxygen atoms in total. The zero-order valence-electron chi connectivity index (χ0n) is 11.2. The summed E-state index contributed by atoms with van der Waals surface area (Å²) in [6.07, 6.45) is 1.94. The fourth-order valence-corrected chi connectivity index (χ4v) is 2.40. The first kappa shape index (κ1) is 15.0. The van der Waals surface area contributed by atoms with Crippen molar-refractivity contribution in [1.82, 2.24) is 5.32 Å². The zero-order chi connectivity index (χ0) is 13.5. The molecule has 0 saturated heterocycles. The van der Waals surface area contributed by atoms with Crippen LogP contribution in [0.5, 0.6) is 0 Å². The van der Waals surface area contributed by atoms with Gasteiger partial charge in [0, 0.05) is 16.2 Å². The molecule has 0 spiro atoms. The van der Waals surface area contributed by atoms with Crippen molar-refractivity contribution in [2.75, 3.05) is 11.9 Å². The van der Waals surface area contributed by atoms with Crippen LogP contribution in [0.15, 0.2) is 22.7 Å². The van der Waals surface area contributed by atoms with Gasteiger partial charge in [-0.15, -0.1) is 0 Å². The quantitative estimate of drug-likeness (QED) is 0.844. The number of anilines is 1. The van der Waals surface area contributed by atoms with Crippen molar-refractivity contribution < 1.29 is 4.79 Å². The van der Waals surface area contributed by atoms with Crippen molar-refractivity contribution in [2.24, 2.45) is 0 Å². The van der Waals surface area contributed by atoms with Crippen molar-refractivity contribution in [2.45, 2.75) is 39.7 Å². The lowest BCUT2D eigenvalue weighted by atomic mass is 10.2. The smallest absolute Gasteiger partial charge is 0.239 e. The first-order valence-corrected chi connectivity index (χ1v) is 7.14. The summed E-state index contributed by atoms with van der Waals surface area (Å²) in [7, 11) is 0. The maximum atomic E-state index is 11.7. The molecule has 0 bridgehead atoms. The molecular weight excluding hydrogens is 292 g/mol. The van der Waals surface area contributed by atoms with Crippen LogP contribution in [0.25, 0.3) is 0 Å². The summed E-state index contributed by atoms with van der Waals surface area (Å²) in [5, 5.41) is 6.14. The normalized spacial score (nSPS) is 10.5. The highest BCUT2D eigenvalue weighted by atomic mass is 79.9. The number of carbonyl (C=O) groups is 1. The largest absolute Gasteiger partial charge is 0.376 e. The van der Waals surface area contributed by atoms with Crippen LogP contribution in [0.4, 0.5) is 5.69 Å². The Morgan fingerprint density at radius 1 is 1.28 bits per heavy atom. The maximum absolute atomic E-state index is 11.7. The lowest BCUT2D eigenvalue weighted by Gasteiger charge is -2.15. The van der Waals surface area contributed by atoms with Crippen LogP contribution in [0.3, 0.4) is 0 Å². The van der Waals surface area contributed by atoms with E-state index < -0.39 is 0 Å². The van der Waals surface area contributed by atoms with Crippen molar-refractivity contribution in [1.29, 1.82) is 0 Å². The lowest BCUT2D eigenvalue weighted by molar-refractivity contribution is -0.120. The Balaban J connectivity index is 2.47. The monoisotopic (exact) mass is 312 g/mol. The van der Waals surface area contributed by atoms with Crippen LogP contribution < -0.4 is 10.6 Å². The minimum absolute atomic E-state index is 0.0429. The molecule has 18 heavy (non-hydrogen) atoms. The molecule has 0 aromatic heterocycles. The highest BCUT2D eigenvalue weighted by molar-refractivity contribution is 9.10. The molecule has 1 rings (SSSR count). The van der Waals surface area contributed by atoms with Crippen molar-refractivity contribution in [3.05, 3.63) is 28.2 Å². The second-order valence-corrected chi connectivity index (χ2v) is 5.37. The molecule has 1 amide bonds. The minimum atomic E-state index is 0.0429. The number of rotatable bonds is 6. The molecular formula is C14H21BrN2O. The average molecular weight is 313 g/mol. The molecule has 2 N–H and O–H groups in total. The fourth-order valence-electron chi connectivity index (χ4n) is 1.79. The highest BCUT2D eigenvalue weighted by Crippen LogP contribution is 2.18. The third kappa shape index (κ3) is 5.08. The topological polar surface area (TPSA) is 41.1 Å². The van der Waals surface area contributed by atoms with Crippen molar-refractivity contribution in [3.63, 3.8) is 0 Å². The number of hydrogen-bond acceptors (Lipinski definition) is 2. The van der Waals surface area contributed by atoms with E-state index in [2.05, 4.69) is 40.4 Å². The Bertz CT molecular complexity index is 383. The van der Waals surface area contributed by atoms with E-state index >= 15 is 0 Å². The van der Waals surface area contributed by atoms with Crippen molar-refractivity contribution >= 4 is 27.5 Å². The standard InChI is InChI=1S/C14H21BrN2O/c1-4-12(5-2)17-14(18)9-16-13-7-10(3)6-11(15)8-13/h6-8,12,16H,4-5,9H2,1-3H3,(H,17,18). The SMILES string of the molecule is CCC(CC)NC(=O)CNc1cc(C)cc(Br)c1. The molecule has 0 atom stereocenters. The summed E-state index contributed by atoms with van der Waals surface area (Å²) < 4.78 is 1.02. The van der Waals surface area contributed by atoms with Crippen LogP contribution in [0, 0.1) is 6.92 Å². The molecule has 1 aromatic carbocycles. The molecule has 0 aliphatic carbocycles. The first-order chi connectivity index (χ1) is 8.55. The van der Waals surface area contributed by atoms with E-state index in [-0.39, 0.29) is 11.9 Å². The lowest BCUT2D eigenvalue weighted by Crippen LogP contribution is -2.37. The van der Waals surface area contributed by atoms with Gasteiger partial charge in [-0.2, -0.15) is 0 Å². The van der Waals surface area contributed by atoms with Gasteiger partial charge in [-0.25, -0.2) is 0 Å². The summed E-state index contributed by atoms with van der Waals surface area (Å²) in [5.41, 5.74) is 2.12. The number of halogens is 1. The third-order valence-electron chi connectivity index (χ3n) is 2.85. The minimum Gasteiger partial charge on any atom is -0.376 e. The van der Waals surface area contributed by atoms with E-state index in [4.69, 9.17) is 0 Å². The summed E-state index contributed by atoms with van der Waals surface area (Å²) >= 11 is 3.44. The molecule has 1 aromatic rings. The van der Waals surface area contributed by atoms with E-state index in [9.17, 15) is 4.79 Å². The maximum Gasteiger partial charge on any atom is 0.239 e. The molecule has 0 unspecified atom stereocenters. The molecule has 4 heteroatoms. The van der Waals surface area contributed by atoms with Gasteiger partial charge in [-0.3, -0.25) is 4.79 Å². The Hall–Kier alpha value is -1.03. The number of hydrogen-bond donors (Lipinski definition) is 2. The van der Waals surface area contributed by atoms with Crippen molar-refractivity contribution in [3.8, 4) is 0 Å². The second-order valence-electron chi connectivity index (χ2n) is 4.45. The molecule has 0 aliphatic heterocycles. The Kier molecular flexibility index (Phi) is 6.19. The summed E-state index contributed by atoms with van der Waals surface area (Å²) in [6.45, 7) is 6.51. The van der Waals surface area contributed by atoms with Crippen LogP contribution in [0.1, 0.15) is 32.3 Å². The molecule has 100 valence electrons. The zero-order valence-corrected chi connectivity index (χ0v) is 12.8. The van der Waals surface area contributed by atoms with E-state index in [0.717, 1.165) is 28.6 Å². The molecule has 0 aliphatic rings. The van der Waals surface area contributed by atoms with Gasteiger partial charge >= 0.3 is 0 Å². The number of amides is 1. The van der Waals surface area contributed by atoms with E-state index in [0.29, 0.717) is 6.54 Å². The number of carbonyl (C=O) groups excluding carboxylic acids is 1. The summed E-state index contributed by atoms with van der Waals surface area (Å²) in [4.78, 5) is 11.7. The highest BCUT2D eigenvalue weighted by Gasteiger charge is 2.07. The van der Waals surface area contributed by atoms with Gasteiger partial charge in [-0.1, -0.05) is 29.8 Å². The fraction of sp³-hybridized carbons (Fsp3) is 0.500. The number of benzene rings is 1. The third-order valence-corrected chi connectivity index (χ3v) is 3.30. The number of nitrogens with one attached hydrogen (secondary N) is 2. The molecule has 0 saturated carbocycles. The van der Waals surface area contributed by atoms with Crippen LogP contribution in [0.2, 0.25) is 0 Å². The second kappa shape index (κ2) is 7.41. The van der Waals surface area contributed by atoms with Crippen LogP contribution in [-0.2, 0) is 4.79 Å². The Morgan fingerprint density at radius 3 is 2.50 bits per heavy atom. The Morgan fingerprint density at radius 2 is 1.94 bits per heavy atom. The number of aryl methyl sites for hydroxylation is 1. The van der Waals surface area contributed by atoms with Crippen LogP contribution >= 0.6 is 15.9 Å². The van der Waals surface area contributed by atoms with Gasteiger partial charge in [0.25, 0.3) is 0 Å². The Labute approximate surface area is 117 Å². The van der Waals surface area contributed by atoms with E-state index in [1.54, 1.807) is 0 Å².